The lowest BCUT2D eigenvalue weighted by atomic mass is 10.1. The maximum Gasteiger partial charge on any atom is 0.267 e. The Hall–Kier alpha value is -3.63. The molecule has 3 heterocycles. The van der Waals surface area contributed by atoms with Crippen LogP contribution < -0.4 is 4.72 Å². The maximum atomic E-state index is 14.2. The fraction of sp³-hybridized carbons (Fsp3) is 0.120. The SMILES string of the molecule is Cc1cc(F)c(S(=O)(=O)Nc2cncc(-c3ccc(-c4ccc5c(c4)CN(C)C5=O)s3)c2)c(F)c1. The molecule has 0 spiro atoms. The third-order valence-corrected chi connectivity index (χ3v) is 8.28. The van der Waals surface area contributed by atoms with Gasteiger partial charge in [0.05, 0.1) is 11.9 Å². The Kier molecular flexibility index (Phi) is 5.65. The molecule has 0 fully saturated rings. The molecule has 5 rings (SSSR count). The number of carbonyl (C=O) groups excluding carboxylic acids is 1. The molecule has 0 bridgehead atoms. The summed E-state index contributed by atoms with van der Waals surface area (Å²) in [5.41, 5.74) is 3.65. The third kappa shape index (κ3) is 4.30. The number of aromatic nitrogens is 1. The molecule has 0 unspecified atom stereocenters. The van der Waals surface area contributed by atoms with Gasteiger partial charge in [-0.3, -0.25) is 14.5 Å². The number of pyridine rings is 1. The van der Waals surface area contributed by atoms with Gasteiger partial charge < -0.3 is 4.90 Å². The summed E-state index contributed by atoms with van der Waals surface area (Å²) in [4.78, 5) is 18.7. The lowest BCUT2D eigenvalue weighted by molar-refractivity contribution is 0.0816. The number of rotatable bonds is 5. The van der Waals surface area contributed by atoms with Crippen LogP contribution in [0.5, 0.6) is 0 Å². The van der Waals surface area contributed by atoms with E-state index in [1.807, 2.05) is 30.3 Å². The Bertz CT molecular complexity index is 1580. The van der Waals surface area contributed by atoms with Gasteiger partial charge in [-0.2, -0.15) is 0 Å². The van der Waals surface area contributed by atoms with Gasteiger partial charge in [-0.1, -0.05) is 6.07 Å². The molecule has 4 aromatic rings. The monoisotopic (exact) mass is 511 g/mol. The summed E-state index contributed by atoms with van der Waals surface area (Å²) in [7, 11) is -2.75. The molecule has 1 aliphatic heterocycles. The molecule has 1 aliphatic rings. The van der Waals surface area contributed by atoms with E-state index in [1.165, 1.54) is 24.5 Å². The van der Waals surface area contributed by atoms with Crippen molar-refractivity contribution < 1.29 is 22.0 Å². The van der Waals surface area contributed by atoms with Crippen molar-refractivity contribution in [2.75, 3.05) is 11.8 Å². The zero-order chi connectivity index (χ0) is 24.9. The van der Waals surface area contributed by atoms with E-state index in [0.717, 1.165) is 33.0 Å². The molecule has 0 aliphatic carbocycles. The topological polar surface area (TPSA) is 79.4 Å². The summed E-state index contributed by atoms with van der Waals surface area (Å²) >= 11 is 1.48. The van der Waals surface area contributed by atoms with Crippen LogP contribution in [0.15, 0.2) is 65.8 Å². The Labute approximate surface area is 204 Å². The van der Waals surface area contributed by atoms with Gasteiger partial charge in [0.2, 0.25) is 0 Å². The molecular formula is C25H19F2N3O3S2. The fourth-order valence-corrected chi connectivity index (χ4v) is 6.19. The van der Waals surface area contributed by atoms with Crippen molar-refractivity contribution in [1.29, 1.82) is 0 Å². The number of carbonyl (C=O) groups is 1. The highest BCUT2D eigenvalue weighted by Crippen LogP contribution is 2.37. The second-order valence-corrected chi connectivity index (χ2v) is 11.0. The summed E-state index contributed by atoms with van der Waals surface area (Å²) < 4.78 is 56.1. The number of sulfonamides is 1. The van der Waals surface area contributed by atoms with Crippen molar-refractivity contribution >= 4 is 33.0 Å². The molecule has 0 radical (unpaired) electrons. The van der Waals surface area contributed by atoms with E-state index in [2.05, 4.69) is 9.71 Å². The summed E-state index contributed by atoms with van der Waals surface area (Å²) in [5, 5.41) is 0. The van der Waals surface area contributed by atoms with Crippen molar-refractivity contribution in [3.05, 3.63) is 89.2 Å². The van der Waals surface area contributed by atoms with Crippen LogP contribution in [0.3, 0.4) is 0 Å². The number of amides is 1. The van der Waals surface area contributed by atoms with E-state index in [9.17, 15) is 22.0 Å². The van der Waals surface area contributed by atoms with Crippen LogP contribution in [-0.2, 0) is 16.6 Å². The molecule has 2 aromatic heterocycles. The van der Waals surface area contributed by atoms with Crippen LogP contribution in [0.1, 0.15) is 21.5 Å². The highest BCUT2D eigenvalue weighted by atomic mass is 32.2. The van der Waals surface area contributed by atoms with Crippen molar-refractivity contribution in [2.45, 2.75) is 18.4 Å². The second-order valence-electron chi connectivity index (χ2n) is 8.32. The number of hydrogen-bond donors (Lipinski definition) is 1. The molecule has 35 heavy (non-hydrogen) atoms. The zero-order valence-corrected chi connectivity index (χ0v) is 20.3. The number of hydrogen-bond acceptors (Lipinski definition) is 5. The van der Waals surface area contributed by atoms with Crippen LogP contribution >= 0.6 is 11.3 Å². The summed E-state index contributed by atoms with van der Waals surface area (Å²) in [5.74, 6) is -2.32. The molecule has 6 nitrogen and oxygen atoms in total. The minimum Gasteiger partial charge on any atom is -0.337 e. The van der Waals surface area contributed by atoms with E-state index in [-0.39, 0.29) is 17.2 Å². The van der Waals surface area contributed by atoms with Gasteiger partial charge in [0.25, 0.3) is 15.9 Å². The van der Waals surface area contributed by atoms with Crippen molar-refractivity contribution in [3.8, 4) is 20.9 Å². The van der Waals surface area contributed by atoms with Crippen LogP contribution in [0.4, 0.5) is 14.5 Å². The normalized spacial score (nSPS) is 13.3. The van der Waals surface area contributed by atoms with Gasteiger partial charge in [0, 0.05) is 40.7 Å². The van der Waals surface area contributed by atoms with Crippen molar-refractivity contribution in [2.24, 2.45) is 0 Å². The molecule has 1 amide bonds. The van der Waals surface area contributed by atoms with Crippen LogP contribution in [0.25, 0.3) is 20.9 Å². The van der Waals surface area contributed by atoms with Crippen LogP contribution in [-0.4, -0.2) is 31.3 Å². The van der Waals surface area contributed by atoms with Gasteiger partial charge in [-0.05, 0) is 66.1 Å². The average Bonchev–Trinajstić information content (AvgIpc) is 3.37. The minimum absolute atomic E-state index is 0.00848. The first kappa shape index (κ1) is 23.1. The smallest absolute Gasteiger partial charge is 0.267 e. The van der Waals surface area contributed by atoms with E-state index in [0.29, 0.717) is 17.7 Å². The molecule has 0 saturated carbocycles. The number of halogens is 2. The van der Waals surface area contributed by atoms with Crippen LogP contribution in [0.2, 0.25) is 0 Å². The first-order valence-electron chi connectivity index (χ1n) is 10.5. The third-order valence-electron chi connectivity index (χ3n) is 5.67. The van der Waals surface area contributed by atoms with Gasteiger partial charge in [0.1, 0.15) is 11.6 Å². The predicted molar refractivity (Wildman–Crippen MR) is 131 cm³/mol. The number of benzene rings is 2. The summed E-state index contributed by atoms with van der Waals surface area (Å²) in [6.45, 7) is 2.04. The molecule has 10 heteroatoms. The molecular weight excluding hydrogens is 492 g/mol. The standard InChI is InChI=1S/C25H19F2N3O3S2/c1-14-7-20(26)24(21(27)8-14)35(32,33)29-18-10-16(11-28-12-18)23-6-5-22(34-23)15-3-4-19-17(9-15)13-30(2)25(19)31/h3-12,29H,13H2,1-2H3. The van der Waals surface area contributed by atoms with Gasteiger partial charge >= 0.3 is 0 Å². The van der Waals surface area contributed by atoms with Gasteiger partial charge in [0.15, 0.2) is 4.90 Å². The molecule has 2 aromatic carbocycles. The highest BCUT2D eigenvalue weighted by molar-refractivity contribution is 7.92. The van der Waals surface area contributed by atoms with E-state index >= 15 is 0 Å². The number of nitrogens with one attached hydrogen (secondary N) is 1. The number of anilines is 1. The van der Waals surface area contributed by atoms with Crippen molar-refractivity contribution in [3.63, 3.8) is 0 Å². The van der Waals surface area contributed by atoms with E-state index in [1.54, 1.807) is 24.2 Å². The van der Waals surface area contributed by atoms with Crippen LogP contribution in [0, 0.1) is 18.6 Å². The van der Waals surface area contributed by atoms with Gasteiger partial charge in [-0.25, -0.2) is 17.2 Å². The number of nitrogens with zero attached hydrogens (tertiary/aromatic N) is 2. The minimum atomic E-state index is -4.51. The largest absolute Gasteiger partial charge is 0.337 e. The van der Waals surface area contributed by atoms with E-state index in [4.69, 9.17) is 0 Å². The van der Waals surface area contributed by atoms with Gasteiger partial charge in [-0.15, -0.1) is 11.3 Å². The molecule has 0 atom stereocenters. The lowest BCUT2D eigenvalue weighted by Gasteiger charge is -2.11. The zero-order valence-electron chi connectivity index (χ0n) is 18.7. The Morgan fingerprint density at radius 3 is 2.37 bits per heavy atom. The summed E-state index contributed by atoms with van der Waals surface area (Å²) in [6.07, 6.45) is 2.85. The quantitative estimate of drug-likeness (QED) is 0.387. The average molecular weight is 512 g/mol. The molecule has 1 N–H and O–H groups in total. The summed E-state index contributed by atoms with van der Waals surface area (Å²) in [6, 6.07) is 13.0. The lowest BCUT2D eigenvalue weighted by Crippen LogP contribution is -2.17. The van der Waals surface area contributed by atoms with Crippen molar-refractivity contribution in [1.82, 2.24) is 9.88 Å². The Morgan fingerprint density at radius 2 is 1.66 bits per heavy atom. The second kappa shape index (κ2) is 8.54. The molecule has 178 valence electrons. The molecule has 0 saturated heterocycles. The Balaban J connectivity index is 1.42. The predicted octanol–water partition coefficient (Wildman–Crippen LogP) is 5.45. The van der Waals surface area contributed by atoms with E-state index < -0.39 is 26.6 Å². The number of fused-ring (bicyclic) bond motifs is 1. The fourth-order valence-electron chi connectivity index (χ4n) is 4.05. The first-order chi connectivity index (χ1) is 16.6. The number of thiophene rings is 1. The number of aryl methyl sites for hydroxylation is 1. The highest BCUT2D eigenvalue weighted by Gasteiger charge is 2.26. The Morgan fingerprint density at radius 1 is 0.971 bits per heavy atom. The maximum absolute atomic E-state index is 14.2. The first-order valence-corrected chi connectivity index (χ1v) is 12.8.